The van der Waals surface area contributed by atoms with Crippen molar-refractivity contribution >= 4 is 22.6 Å². The van der Waals surface area contributed by atoms with Crippen molar-refractivity contribution in [2.45, 2.75) is 25.7 Å². The zero-order valence-corrected chi connectivity index (χ0v) is 12.8. The second-order valence-corrected chi connectivity index (χ2v) is 4.95. The first-order valence-corrected chi connectivity index (χ1v) is 6.93. The zero-order valence-electron chi connectivity index (χ0n) is 12.8. The number of aliphatic carboxylic acids is 1. The first-order chi connectivity index (χ1) is 11.1. The van der Waals surface area contributed by atoms with E-state index in [1.54, 1.807) is 6.92 Å². The van der Waals surface area contributed by atoms with Gasteiger partial charge in [-0.05, 0) is 23.3 Å². The summed E-state index contributed by atoms with van der Waals surface area (Å²) >= 11 is 0. The number of rotatable bonds is 3. The maximum absolute atomic E-state index is 11.4. The van der Waals surface area contributed by atoms with Gasteiger partial charge < -0.3 is 16.2 Å². The van der Waals surface area contributed by atoms with E-state index in [-0.39, 0.29) is 5.91 Å². The van der Waals surface area contributed by atoms with Crippen LogP contribution in [0.4, 0.5) is 13.2 Å². The number of halogens is 3. The molecule has 0 aliphatic carbocycles. The molecule has 1 unspecified atom stereocenters. The normalized spacial score (nSPS) is 12.0. The van der Waals surface area contributed by atoms with Crippen molar-refractivity contribution in [3.8, 4) is 0 Å². The molecule has 0 spiro atoms. The Morgan fingerprint density at radius 2 is 1.71 bits per heavy atom. The van der Waals surface area contributed by atoms with Crippen molar-refractivity contribution in [2.24, 2.45) is 5.73 Å². The van der Waals surface area contributed by atoms with Gasteiger partial charge in [0.2, 0.25) is 5.91 Å². The number of amides is 1. The number of fused-ring (bicyclic) bond motifs is 1. The minimum atomic E-state index is -5.08. The van der Waals surface area contributed by atoms with Crippen molar-refractivity contribution in [3.63, 3.8) is 0 Å². The maximum Gasteiger partial charge on any atom is 0.490 e. The second-order valence-electron chi connectivity index (χ2n) is 4.95. The van der Waals surface area contributed by atoms with Gasteiger partial charge in [0.15, 0.2) is 0 Å². The number of carbonyl (C=O) groups excluding carboxylic acids is 1. The number of hydrogen-bond acceptors (Lipinski definition) is 3. The van der Waals surface area contributed by atoms with E-state index in [2.05, 4.69) is 23.5 Å². The van der Waals surface area contributed by atoms with Crippen LogP contribution in [0.25, 0.3) is 10.8 Å². The quantitative estimate of drug-likeness (QED) is 0.799. The number of benzene rings is 2. The van der Waals surface area contributed by atoms with Crippen molar-refractivity contribution < 1.29 is 27.9 Å². The largest absolute Gasteiger partial charge is 0.490 e. The van der Waals surface area contributed by atoms with Gasteiger partial charge in [0.05, 0.1) is 6.04 Å². The summed E-state index contributed by atoms with van der Waals surface area (Å²) in [6.07, 6.45) is -5.08. The van der Waals surface area contributed by atoms with E-state index in [9.17, 15) is 18.0 Å². The Labute approximate surface area is 136 Å². The number of nitrogens with one attached hydrogen (secondary N) is 1. The molecule has 130 valence electrons. The van der Waals surface area contributed by atoms with Crippen molar-refractivity contribution in [1.29, 1.82) is 0 Å². The first kappa shape index (κ1) is 19.4. The number of nitrogens with two attached hydrogens (primary N) is 1. The van der Waals surface area contributed by atoms with E-state index in [1.165, 1.54) is 10.8 Å². The lowest BCUT2D eigenvalue weighted by molar-refractivity contribution is -0.192. The number of carbonyl (C=O) groups is 2. The van der Waals surface area contributed by atoms with Gasteiger partial charge in [-0.25, -0.2) is 4.79 Å². The van der Waals surface area contributed by atoms with Crippen LogP contribution in [0, 0.1) is 0 Å². The molecule has 0 radical (unpaired) electrons. The van der Waals surface area contributed by atoms with Gasteiger partial charge in [-0.2, -0.15) is 13.2 Å². The summed E-state index contributed by atoms with van der Waals surface area (Å²) in [5.74, 6) is -2.88. The summed E-state index contributed by atoms with van der Waals surface area (Å²) in [6, 6.07) is 13.7. The molecule has 2 aromatic carbocycles. The highest BCUT2D eigenvalue weighted by Crippen LogP contribution is 2.18. The van der Waals surface area contributed by atoms with Crippen LogP contribution >= 0.6 is 0 Å². The Balaban J connectivity index is 0.000000351. The fourth-order valence-electron chi connectivity index (χ4n) is 1.79. The van der Waals surface area contributed by atoms with Crippen LogP contribution in [-0.2, 0) is 16.1 Å². The summed E-state index contributed by atoms with van der Waals surface area (Å²) < 4.78 is 31.7. The van der Waals surface area contributed by atoms with E-state index >= 15 is 0 Å². The molecule has 0 aliphatic heterocycles. The predicted octanol–water partition coefficient (Wildman–Crippen LogP) is 2.44. The summed E-state index contributed by atoms with van der Waals surface area (Å²) in [7, 11) is 0. The smallest absolute Gasteiger partial charge is 0.475 e. The summed E-state index contributed by atoms with van der Waals surface area (Å²) in [5, 5.41) is 12.3. The third kappa shape index (κ3) is 5.88. The average Bonchev–Trinajstić information content (AvgIpc) is 2.52. The summed E-state index contributed by atoms with van der Waals surface area (Å²) in [4.78, 5) is 20.3. The Kier molecular flexibility index (Phi) is 6.72. The molecule has 2 aromatic rings. The molecule has 0 saturated heterocycles. The van der Waals surface area contributed by atoms with Gasteiger partial charge >= 0.3 is 12.1 Å². The lowest BCUT2D eigenvalue weighted by Crippen LogP contribution is -2.37. The molecular weight excluding hydrogens is 325 g/mol. The van der Waals surface area contributed by atoms with E-state index < -0.39 is 18.2 Å². The highest BCUT2D eigenvalue weighted by Gasteiger charge is 2.38. The molecule has 4 N–H and O–H groups in total. The number of carboxylic acids is 1. The average molecular weight is 342 g/mol. The molecule has 24 heavy (non-hydrogen) atoms. The van der Waals surface area contributed by atoms with Crippen LogP contribution in [0.3, 0.4) is 0 Å². The molecule has 0 saturated carbocycles. The molecule has 5 nitrogen and oxygen atoms in total. The topological polar surface area (TPSA) is 92.4 Å². The van der Waals surface area contributed by atoms with Crippen molar-refractivity contribution in [3.05, 3.63) is 48.0 Å². The van der Waals surface area contributed by atoms with Crippen LogP contribution in [0.5, 0.6) is 0 Å². The van der Waals surface area contributed by atoms with Crippen LogP contribution < -0.4 is 11.1 Å². The third-order valence-electron chi connectivity index (χ3n) is 2.99. The highest BCUT2D eigenvalue weighted by molar-refractivity contribution is 5.86. The van der Waals surface area contributed by atoms with E-state index in [0.29, 0.717) is 6.54 Å². The van der Waals surface area contributed by atoms with E-state index in [4.69, 9.17) is 15.6 Å². The molecule has 8 heteroatoms. The molecule has 1 atom stereocenters. The number of carboxylic acid groups (broad SMARTS) is 1. The SMILES string of the molecule is CC(N)C(=O)NCc1cccc2ccccc12.O=C(O)C(F)(F)F. The van der Waals surface area contributed by atoms with Gasteiger partial charge in [-0.3, -0.25) is 4.79 Å². The van der Waals surface area contributed by atoms with E-state index in [0.717, 1.165) is 5.56 Å². The predicted molar refractivity (Wildman–Crippen MR) is 83.1 cm³/mol. The van der Waals surface area contributed by atoms with Gasteiger partial charge in [0.1, 0.15) is 0 Å². The van der Waals surface area contributed by atoms with Crippen LogP contribution in [-0.4, -0.2) is 29.2 Å². The standard InChI is InChI=1S/C14H16N2O.C2HF3O2/c1-10(15)14(17)16-9-12-7-4-6-11-5-2-3-8-13(11)12;3-2(4,5)1(6)7/h2-8,10H,9,15H2,1H3,(H,16,17);(H,6,7). The maximum atomic E-state index is 11.4. The van der Waals surface area contributed by atoms with Gasteiger partial charge in [-0.1, -0.05) is 42.5 Å². The highest BCUT2D eigenvalue weighted by atomic mass is 19.4. The molecule has 0 bridgehead atoms. The first-order valence-electron chi connectivity index (χ1n) is 6.93. The van der Waals surface area contributed by atoms with E-state index in [1.807, 2.05) is 24.3 Å². The van der Waals surface area contributed by atoms with Crippen LogP contribution in [0.2, 0.25) is 0 Å². The van der Waals surface area contributed by atoms with Crippen molar-refractivity contribution in [1.82, 2.24) is 5.32 Å². The molecule has 2 rings (SSSR count). The third-order valence-corrected chi connectivity index (χ3v) is 2.99. The lowest BCUT2D eigenvalue weighted by atomic mass is 10.0. The Hall–Kier alpha value is -2.61. The van der Waals surface area contributed by atoms with Gasteiger partial charge in [0.25, 0.3) is 0 Å². The minimum absolute atomic E-state index is 0.127. The summed E-state index contributed by atoms with van der Waals surface area (Å²) in [6.45, 7) is 2.19. The Morgan fingerprint density at radius 3 is 2.25 bits per heavy atom. The van der Waals surface area contributed by atoms with Gasteiger partial charge in [-0.15, -0.1) is 0 Å². The molecule has 0 heterocycles. The summed E-state index contributed by atoms with van der Waals surface area (Å²) in [5.41, 5.74) is 6.61. The van der Waals surface area contributed by atoms with Crippen molar-refractivity contribution in [2.75, 3.05) is 0 Å². The monoisotopic (exact) mass is 342 g/mol. The number of hydrogen-bond donors (Lipinski definition) is 3. The van der Waals surface area contributed by atoms with Gasteiger partial charge in [0, 0.05) is 6.54 Å². The Bertz CT molecular complexity index is 710. The van der Waals surface area contributed by atoms with Crippen LogP contribution in [0.1, 0.15) is 12.5 Å². The Morgan fingerprint density at radius 1 is 1.17 bits per heavy atom. The van der Waals surface area contributed by atoms with Crippen LogP contribution in [0.15, 0.2) is 42.5 Å². The molecule has 0 aromatic heterocycles. The fourth-order valence-corrected chi connectivity index (χ4v) is 1.79. The molecular formula is C16H17F3N2O3. The second kappa shape index (κ2) is 8.30. The molecule has 1 amide bonds. The number of alkyl halides is 3. The zero-order chi connectivity index (χ0) is 18.3. The fraction of sp³-hybridized carbons (Fsp3) is 0.250. The molecule has 0 aliphatic rings. The lowest BCUT2D eigenvalue weighted by Gasteiger charge is -2.10. The minimum Gasteiger partial charge on any atom is -0.475 e. The molecule has 0 fully saturated rings.